The third-order valence-electron chi connectivity index (χ3n) is 13.8. The number of non-ortho nitro benzene ring substituents is 1. The van der Waals surface area contributed by atoms with Crippen LogP contribution in [0.3, 0.4) is 0 Å². The molecule has 0 spiro atoms. The topological polar surface area (TPSA) is 184 Å². The smallest absolute Gasteiger partial charge is 0.462 e. The molecular weight excluding hydrogens is 1000 g/mol. The Morgan fingerprint density at radius 3 is 1.37 bits per heavy atom. The Labute approximate surface area is 475 Å². The largest absolute Gasteiger partial charge is 0.514 e. The molecule has 0 N–H and O–H groups in total. The molecule has 2 aromatic rings. The predicted molar refractivity (Wildman–Crippen MR) is 313 cm³/mol. The molecule has 79 heavy (non-hydrogen) atoms. The van der Waals surface area contributed by atoms with E-state index in [0.29, 0.717) is 48.1 Å². The second-order valence-electron chi connectivity index (χ2n) is 22.7. The maximum Gasteiger partial charge on any atom is 0.514 e. The summed E-state index contributed by atoms with van der Waals surface area (Å²) in [4.78, 5) is 74.5. The highest BCUT2D eigenvalue weighted by Gasteiger charge is 2.23. The maximum absolute atomic E-state index is 13.3. The molecule has 14 nitrogen and oxygen atoms in total. The number of nitro groups is 1. The van der Waals surface area contributed by atoms with Crippen LogP contribution >= 0.6 is 0 Å². The number of unbranched alkanes of at least 4 members (excludes halogenated alkanes) is 16. The van der Waals surface area contributed by atoms with E-state index in [-0.39, 0.29) is 80.7 Å². The Morgan fingerprint density at radius 1 is 0.506 bits per heavy atom. The first-order valence-electron chi connectivity index (χ1n) is 30.1. The normalized spacial score (nSPS) is 12.3. The molecule has 0 amide bonds. The van der Waals surface area contributed by atoms with E-state index >= 15 is 0 Å². The molecule has 0 fully saturated rings. The summed E-state index contributed by atoms with van der Waals surface area (Å²) in [6, 6.07) is 8.54. The summed E-state index contributed by atoms with van der Waals surface area (Å²) < 4.78 is 33.1. The van der Waals surface area contributed by atoms with Gasteiger partial charge in [0, 0.05) is 37.8 Å². The van der Waals surface area contributed by atoms with Gasteiger partial charge in [-0.05, 0) is 156 Å². The van der Waals surface area contributed by atoms with Crippen LogP contribution in [0.15, 0.2) is 60.7 Å². The van der Waals surface area contributed by atoms with Crippen molar-refractivity contribution in [2.45, 2.75) is 248 Å². The van der Waals surface area contributed by atoms with Crippen LogP contribution in [0.1, 0.15) is 238 Å². The van der Waals surface area contributed by atoms with Crippen molar-refractivity contribution in [3.05, 3.63) is 87.5 Å². The van der Waals surface area contributed by atoms with E-state index < -0.39 is 29.1 Å². The number of aryl methyl sites for hydroxylation is 2. The minimum absolute atomic E-state index is 0.0464. The van der Waals surface area contributed by atoms with E-state index in [9.17, 15) is 34.1 Å². The lowest BCUT2D eigenvalue weighted by atomic mass is 9.94. The summed E-state index contributed by atoms with van der Waals surface area (Å²) in [5.74, 6) is 0.343. The van der Waals surface area contributed by atoms with E-state index in [1.54, 1.807) is 26.0 Å². The van der Waals surface area contributed by atoms with Crippen LogP contribution in [0, 0.1) is 47.6 Å². The number of hydrogen-bond acceptors (Lipinski definition) is 13. The van der Waals surface area contributed by atoms with Crippen molar-refractivity contribution < 1.29 is 57.3 Å². The predicted octanol–water partition coefficient (Wildman–Crippen LogP) is 17.5. The summed E-state index contributed by atoms with van der Waals surface area (Å²) >= 11 is 0. The Kier molecular flexibility index (Phi) is 38.1. The van der Waals surface area contributed by atoms with E-state index in [1.807, 2.05) is 13.8 Å². The number of carbonyl (C=O) groups is 5. The number of nitro benzene ring substituents is 1. The van der Waals surface area contributed by atoms with Gasteiger partial charge < -0.3 is 28.4 Å². The Balaban J connectivity index is 1.79. The third kappa shape index (κ3) is 37.1. The quantitative estimate of drug-likeness (QED) is 0.00893. The van der Waals surface area contributed by atoms with E-state index in [0.717, 1.165) is 88.9 Å². The van der Waals surface area contributed by atoms with Crippen molar-refractivity contribution in [3.8, 4) is 11.5 Å². The second kappa shape index (κ2) is 43.3. The van der Waals surface area contributed by atoms with Crippen molar-refractivity contribution in [3.63, 3.8) is 0 Å². The van der Waals surface area contributed by atoms with Crippen LogP contribution in [-0.4, -0.2) is 54.3 Å². The van der Waals surface area contributed by atoms with E-state index in [2.05, 4.69) is 52.0 Å². The second-order valence-corrected chi connectivity index (χ2v) is 22.7. The van der Waals surface area contributed by atoms with Gasteiger partial charge in [0.05, 0.1) is 4.92 Å². The zero-order valence-electron chi connectivity index (χ0n) is 49.8. The molecule has 0 radical (unpaired) electrons. The SMILES string of the molecule is Cc1cc(COC(=O)Oc2ccc([N+](=O)[O-])cc2)cc(C)c1OC(=O)CC(C)CCC(C)CC(=O)OC(COC(=O)CCCCCCC/C=C\CCCCCC(C)C)COC(=O)CCCCCCC/C=C\CCCCCC(C)C. The first kappa shape index (κ1) is 69.6. The van der Waals surface area contributed by atoms with Gasteiger partial charge in [-0.3, -0.25) is 29.3 Å². The molecule has 0 bridgehead atoms. The average Bonchev–Trinajstić information content (AvgIpc) is 3.40. The van der Waals surface area contributed by atoms with Gasteiger partial charge in [-0.25, -0.2) is 4.79 Å². The molecule has 14 heteroatoms. The van der Waals surface area contributed by atoms with Gasteiger partial charge in [-0.1, -0.05) is 143 Å². The highest BCUT2D eigenvalue weighted by atomic mass is 16.7. The molecule has 2 atom stereocenters. The monoisotopic (exact) mass is 1100 g/mol. The van der Waals surface area contributed by atoms with Gasteiger partial charge in [0.1, 0.15) is 31.3 Å². The summed E-state index contributed by atoms with van der Waals surface area (Å²) in [5, 5.41) is 10.9. The summed E-state index contributed by atoms with van der Waals surface area (Å²) in [6.07, 6.45) is 34.2. The van der Waals surface area contributed by atoms with Crippen molar-refractivity contribution >= 4 is 35.7 Å². The van der Waals surface area contributed by atoms with Crippen LogP contribution in [0.5, 0.6) is 11.5 Å². The van der Waals surface area contributed by atoms with Gasteiger partial charge in [-0.15, -0.1) is 0 Å². The van der Waals surface area contributed by atoms with Crippen LogP contribution in [0.25, 0.3) is 0 Å². The number of rotatable bonds is 45. The minimum atomic E-state index is -0.974. The summed E-state index contributed by atoms with van der Waals surface area (Å²) in [6.45, 7) is 16.1. The number of benzene rings is 2. The lowest BCUT2D eigenvalue weighted by Gasteiger charge is -2.20. The van der Waals surface area contributed by atoms with Gasteiger partial charge in [-0.2, -0.15) is 0 Å². The number of hydrogen-bond donors (Lipinski definition) is 0. The molecule has 0 aliphatic rings. The number of allylic oxidation sites excluding steroid dienone is 4. The number of ether oxygens (including phenoxy) is 6. The van der Waals surface area contributed by atoms with Crippen LogP contribution in [-0.2, 0) is 44.7 Å². The Morgan fingerprint density at radius 2 is 0.924 bits per heavy atom. The summed E-state index contributed by atoms with van der Waals surface area (Å²) in [5.41, 5.74) is 1.87. The van der Waals surface area contributed by atoms with Crippen LogP contribution in [0.4, 0.5) is 10.5 Å². The molecule has 444 valence electrons. The molecule has 2 rings (SSSR count). The standard InChI is InChI=1S/C65H101NO13/c1-50(2)33-29-25-21-17-13-9-11-15-19-23-27-31-35-60(67)74-48-59(49-75-61(68)36-32-28-24-20-16-12-10-14-18-22-26-30-34-51(3)4)77-62(69)43-52(5)37-38-53(6)44-63(70)79-64-54(7)45-56(46-55(64)8)47-76-65(71)78-58-41-39-57(40-42-58)66(72)73/h9-10,13-14,39-42,45-46,50-53,59H,11-12,15-38,43-44,47-49H2,1-8H3/b13-9-,14-10-. The molecule has 0 aromatic heterocycles. The minimum Gasteiger partial charge on any atom is -0.462 e. The van der Waals surface area contributed by atoms with Gasteiger partial charge in [0.15, 0.2) is 6.10 Å². The summed E-state index contributed by atoms with van der Waals surface area (Å²) in [7, 11) is 0. The van der Waals surface area contributed by atoms with Gasteiger partial charge in [0.2, 0.25) is 0 Å². The fourth-order valence-electron chi connectivity index (χ4n) is 9.13. The molecular formula is C65H101NO13. The Hall–Kier alpha value is -5.53. The zero-order valence-corrected chi connectivity index (χ0v) is 49.8. The van der Waals surface area contributed by atoms with Gasteiger partial charge >= 0.3 is 30.0 Å². The molecule has 0 aliphatic heterocycles. The van der Waals surface area contributed by atoms with Crippen LogP contribution in [0.2, 0.25) is 0 Å². The highest BCUT2D eigenvalue weighted by molar-refractivity contribution is 5.74. The molecule has 2 aromatic carbocycles. The van der Waals surface area contributed by atoms with Crippen LogP contribution < -0.4 is 9.47 Å². The van der Waals surface area contributed by atoms with Gasteiger partial charge in [0.25, 0.3) is 5.69 Å². The number of nitrogens with zero attached hydrogens (tertiary/aromatic N) is 1. The molecule has 0 saturated heterocycles. The van der Waals surface area contributed by atoms with Crippen molar-refractivity contribution in [2.24, 2.45) is 23.7 Å². The lowest BCUT2D eigenvalue weighted by Crippen LogP contribution is -2.31. The number of esters is 4. The maximum atomic E-state index is 13.3. The molecule has 0 saturated carbocycles. The highest BCUT2D eigenvalue weighted by Crippen LogP contribution is 2.28. The molecule has 0 aliphatic carbocycles. The van der Waals surface area contributed by atoms with Crippen molar-refractivity contribution in [2.75, 3.05) is 13.2 Å². The Bertz CT molecular complexity index is 2010. The van der Waals surface area contributed by atoms with Crippen molar-refractivity contribution in [1.29, 1.82) is 0 Å². The third-order valence-corrected chi connectivity index (χ3v) is 13.8. The zero-order chi connectivity index (χ0) is 58.0. The molecule has 0 heterocycles. The first-order chi connectivity index (χ1) is 37.9. The lowest BCUT2D eigenvalue weighted by molar-refractivity contribution is -0.384. The van der Waals surface area contributed by atoms with Crippen molar-refractivity contribution in [1.82, 2.24) is 0 Å². The van der Waals surface area contributed by atoms with E-state index in [4.69, 9.17) is 28.4 Å². The number of carbonyl (C=O) groups excluding carboxylic acids is 5. The fourth-order valence-corrected chi connectivity index (χ4v) is 9.13. The average molecular weight is 1100 g/mol. The first-order valence-corrected chi connectivity index (χ1v) is 30.1. The fraction of sp³-hybridized carbons (Fsp3) is 0.677. The molecule has 2 unspecified atom stereocenters. The van der Waals surface area contributed by atoms with E-state index in [1.165, 1.54) is 75.6 Å².